The number of carbonyl (C=O) groups excluding carboxylic acids is 1. The maximum atomic E-state index is 11.6. The van der Waals surface area contributed by atoms with Gasteiger partial charge in [0.2, 0.25) is 5.79 Å². The summed E-state index contributed by atoms with van der Waals surface area (Å²) in [6.45, 7) is 9.95. The lowest BCUT2D eigenvalue weighted by atomic mass is 9.86. The quantitative estimate of drug-likeness (QED) is 0.527. The standard InChI is InChI=1S/C15H18O3/c1-8-4-5-11-9(2)7-15(17)13(6-12(8)11)10(3)14(16)18-15/h11-12,17H,1-2,4-7H2,3H3/t11-,12-,15+/m1/s1. The number of aliphatic hydroxyl groups is 1. The third-order valence-electron chi connectivity index (χ3n) is 4.69. The Balaban J connectivity index is 2.07. The minimum absolute atomic E-state index is 0.311. The number of ether oxygens (including phenoxy) is 1. The Morgan fingerprint density at radius 2 is 2.06 bits per heavy atom. The molecule has 0 unspecified atom stereocenters. The topological polar surface area (TPSA) is 46.5 Å². The molecule has 1 heterocycles. The van der Waals surface area contributed by atoms with E-state index in [2.05, 4.69) is 13.2 Å². The number of rotatable bonds is 0. The molecule has 0 aromatic heterocycles. The van der Waals surface area contributed by atoms with Crippen LogP contribution in [0.2, 0.25) is 0 Å². The highest BCUT2D eigenvalue weighted by molar-refractivity contribution is 5.92. The summed E-state index contributed by atoms with van der Waals surface area (Å²) >= 11 is 0. The average Bonchev–Trinajstić information content (AvgIpc) is 2.70. The van der Waals surface area contributed by atoms with Crippen LogP contribution in [0.5, 0.6) is 0 Å². The molecule has 3 heteroatoms. The monoisotopic (exact) mass is 246 g/mol. The van der Waals surface area contributed by atoms with Crippen molar-refractivity contribution in [2.24, 2.45) is 11.8 Å². The van der Waals surface area contributed by atoms with Crippen molar-refractivity contribution in [1.82, 2.24) is 0 Å². The molecule has 1 N–H and O–H groups in total. The Morgan fingerprint density at radius 3 is 2.78 bits per heavy atom. The Hall–Kier alpha value is -1.35. The number of allylic oxidation sites excluding steroid dienone is 1. The summed E-state index contributed by atoms with van der Waals surface area (Å²) in [5.74, 6) is -1.15. The van der Waals surface area contributed by atoms with Crippen LogP contribution in [0.4, 0.5) is 0 Å². The fourth-order valence-electron chi connectivity index (χ4n) is 3.61. The molecule has 0 aromatic carbocycles. The van der Waals surface area contributed by atoms with Crippen LogP contribution in [0.15, 0.2) is 35.5 Å². The fourth-order valence-corrected chi connectivity index (χ4v) is 3.61. The Labute approximate surface area is 107 Å². The van der Waals surface area contributed by atoms with Crippen molar-refractivity contribution < 1.29 is 14.6 Å². The van der Waals surface area contributed by atoms with E-state index in [1.165, 1.54) is 5.57 Å². The Morgan fingerprint density at radius 1 is 1.33 bits per heavy atom. The Kier molecular flexibility index (Phi) is 2.33. The molecule has 3 rings (SSSR count). The van der Waals surface area contributed by atoms with E-state index in [4.69, 9.17) is 4.74 Å². The molecule has 0 bridgehead atoms. The molecule has 2 fully saturated rings. The zero-order valence-corrected chi connectivity index (χ0v) is 10.7. The number of carbonyl (C=O) groups is 1. The molecule has 3 nitrogen and oxygen atoms in total. The third kappa shape index (κ3) is 1.43. The molecule has 0 amide bonds. The van der Waals surface area contributed by atoms with Gasteiger partial charge in [-0.2, -0.15) is 0 Å². The van der Waals surface area contributed by atoms with Gasteiger partial charge in [0, 0.05) is 17.6 Å². The van der Waals surface area contributed by atoms with E-state index in [0.717, 1.165) is 24.0 Å². The van der Waals surface area contributed by atoms with E-state index >= 15 is 0 Å². The van der Waals surface area contributed by atoms with Crippen molar-refractivity contribution in [1.29, 1.82) is 0 Å². The van der Waals surface area contributed by atoms with E-state index in [1.807, 2.05) is 0 Å². The van der Waals surface area contributed by atoms with Crippen LogP contribution < -0.4 is 0 Å². The van der Waals surface area contributed by atoms with Gasteiger partial charge in [-0.05, 0) is 38.0 Å². The maximum Gasteiger partial charge on any atom is 0.336 e. The van der Waals surface area contributed by atoms with Gasteiger partial charge in [-0.3, -0.25) is 0 Å². The fraction of sp³-hybridized carbons (Fsp3) is 0.533. The van der Waals surface area contributed by atoms with E-state index in [-0.39, 0.29) is 0 Å². The van der Waals surface area contributed by atoms with E-state index < -0.39 is 11.8 Å². The zero-order valence-electron chi connectivity index (χ0n) is 10.7. The van der Waals surface area contributed by atoms with Crippen LogP contribution >= 0.6 is 0 Å². The molecular formula is C15H18O3. The van der Waals surface area contributed by atoms with Gasteiger partial charge in [0.1, 0.15) is 0 Å². The highest BCUT2D eigenvalue weighted by Crippen LogP contribution is 2.52. The van der Waals surface area contributed by atoms with Crippen LogP contribution in [0, 0.1) is 11.8 Å². The van der Waals surface area contributed by atoms with E-state index in [0.29, 0.717) is 30.3 Å². The van der Waals surface area contributed by atoms with Gasteiger partial charge in [0.15, 0.2) is 0 Å². The van der Waals surface area contributed by atoms with Crippen molar-refractivity contribution in [3.8, 4) is 0 Å². The van der Waals surface area contributed by atoms with Crippen LogP contribution in [-0.4, -0.2) is 16.9 Å². The van der Waals surface area contributed by atoms with E-state index in [9.17, 15) is 9.90 Å². The lowest BCUT2D eigenvalue weighted by molar-refractivity contribution is -0.181. The predicted molar refractivity (Wildman–Crippen MR) is 67.5 cm³/mol. The van der Waals surface area contributed by atoms with Crippen LogP contribution in [-0.2, 0) is 9.53 Å². The molecule has 96 valence electrons. The molecule has 2 aliphatic carbocycles. The average molecular weight is 246 g/mol. The molecule has 0 aromatic rings. The summed E-state index contributed by atoms with van der Waals surface area (Å²) in [6, 6.07) is 0. The SMILES string of the molecule is C=C1C[C@]2(O)OC(=O)C(C)=C2C[C@@H]2C(=C)CC[C@H]12. The normalized spacial score (nSPS) is 39.6. The van der Waals surface area contributed by atoms with Gasteiger partial charge in [0.25, 0.3) is 0 Å². The lowest BCUT2D eigenvalue weighted by Gasteiger charge is -2.24. The molecule has 3 atom stereocenters. The summed E-state index contributed by atoms with van der Waals surface area (Å²) in [5.41, 5.74) is 3.50. The second kappa shape index (κ2) is 3.58. The number of hydrogen-bond acceptors (Lipinski definition) is 3. The van der Waals surface area contributed by atoms with Gasteiger partial charge in [-0.15, -0.1) is 0 Å². The van der Waals surface area contributed by atoms with Crippen molar-refractivity contribution in [2.45, 2.75) is 38.4 Å². The first kappa shape index (κ1) is 11.7. The van der Waals surface area contributed by atoms with Gasteiger partial charge in [0.05, 0.1) is 0 Å². The summed E-state index contributed by atoms with van der Waals surface area (Å²) in [6.07, 6.45) is 3.09. The first-order valence-electron chi connectivity index (χ1n) is 6.43. The molecule has 18 heavy (non-hydrogen) atoms. The molecule has 3 aliphatic rings. The minimum Gasteiger partial charge on any atom is -0.425 e. The van der Waals surface area contributed by atoms with Crippen LogP contribution in [0.25, 0.3) is 0 Å². The summed E-state index contributed by atoms with van der Waals surface area (Å²) in [5, 5.41) is 10.6. The van der Waals surface area contributed by atoms with Gasteiger partial charge < -0.3 is 9.84 Å². The van der Waals surface area contributed by atoms with Gasteiger partial charge in [-0.1, -0.05) is 24.3 Å². The summed E-state index contributed by atoms with van der Waals surface area (Å²) in [7, 11) is 0. The van der Waals surface area contributed by atoms with E-state index in [1.54, 1.807) is 6.92 Å². The number of hydrogen-bond donors (Lipinski definition) is 1. The van der Waals surface area contributed by atoms with Crippen molar-refractivity contribution >= 4 is 5.97 Å². The molecule has 0 radical (unpaired) electrons. The first-order chi connectivity index (χ1) is 8.42. The van der Waals surface area contributed by atoms with Crippen molar-refractivity contribution in [3.05, 3.63) is 35.5 Å². The molecular weight excluding hydrogens is 228 g/mol. The largest absolute Gasteiger partial charge is 0.425 e. The van der Waals surface area contributed by atoms with Crippen LogP contribution in [0.3, 0.4) is 0 Å². The number of fused-ring (bicyclic) bond motifs is 2. The van der Waals surface area contributed by atoms with Gasteiger partial charge >= 0.3 is 5.97 Å². The highest BCUT2D eigenvalue weighted by atomic mass is 16.7. The predicted octanol–water partition coefficient (Wildman–Crippen LogP) is 2.48. The summed E-state index contributed by atoms with van der Waals surface area (Å²) < 4.78 is 5.17. The minimum atomic E-state index is -1.44. The number of esters is 1. The first-order valence-corrected chi connectivity index (χ1v) is 6.43. The highest BCUT2D eigenvalue weighted by Gasteiger charge is 2.50. The molecule has 1 aliphatic heterocycles. The summed E-state index contributed by atoms with van der Waals surface area (Å²) in [4.78, 5) is 11.6. The van der Waals surface area contributed by atoms with Crippen molar-refractivity contribution in [3.63, 3.8) is 0 Å². The smallest absolute Gasteiger partial charge is 0.336 e. The lowest BCUT2D eigenvalue weighted by Crippen LogP contribution is -2.31. The molecule has 2 saturated carbocycles. The Bertz CT molecular complexity index is 500. The molecule has 0 saturated heterocycles. The molecule has 0 spiro atoms. The maximum absolute atomic E-state index is 11.6. The van der Waals surface area contributed by atoms with Crippen LogP contribution in [0.1, 0.15) is 32.6 Å². The second-order valence-electron chi connectivity index (χ2n) is 5.73. The second-order valence-corrected chi connectivity index (χ2v) is 5.73. The third-order valence-corrected chi connectivity index (χ3v) is 4.69. The zero-order chi connectivity index (χ0) is 13.1. The van der Waals surface area contributed by atoms with Gasteiger partial charge in [-0.25, -0.2) is 4.79 Å². The van der Waals surface area contributed by atoms with Crippen molar-refractivity contribution in [2.75, 3.05) is 0 Å².